The molecule has 0 rings (SSSR count). The van der Waals surface area contributed by atoms with Crippen molar-refractivity contribution in [1.82, 2.24) is 0 Å². The molecule has 0 aliphatic rings. The number of allylic oxidation sites excluding steroid dienone is 16. The molecule has 0 aromatic heterocycles. The molecule has 6 heteroatoms. The van der Waals surface area contributed by atoms with Gasteiger partial charge in [-0.25, -0.2) is 0 Å². The summed E-state index contributed by atoms with van der Waals surface area (Å²) < 4.78 is 16.7. The molecule has 0 spiro atoms. The van der Waals surface area contributed by atoms with Gasteiger partial charge in [0.25, 0.3) is 0 Å². The number of hydrogen-bond acceptors (Lipinski definition) is 6. The van der Waals surface area contributed by atoms with Gasteiger partial charge in [-0.2, -0.15) is 0 Å². The van der Waals surface area contributed by atoms with E-state index in [2.05, 4.69) is 118 Å². The highest BCUT2D eigenvalue weighted by atomic mass is 16.6. The topological polar surface area (TPSA) is 78.9 Å². The lowest BCUT2D eigenvalue weighted by Crippen LogP contribution is -2.30. The minimum Gasteiger partial charge on any atom is -0.462 e. The van der Waals surface area contributed by atoms with Crippen LogP contribution in [0.3, 0.4) is 0 Å². The molecule has 0 aromatic rings. The Hall–Kier alpha value is -3.67. The zero-order valence-electron chi connectivity index (χ0n) is 42.9. The molecule has 0 fully saturated rings. The molecule has 0 saturated carbocycles. The third kappa shape index (κ3) is 51.3. The van der Waals surface area contributed by atoms with Crippen molar-refractivity contribution in [2.75, 3.05) is 13.2 Å². The summed E-state index contributed by atoms with van der Waals surface area (Å²) >= 11 is 0. The van der Waals surface area contributed by atoms with E-state index in [0.717, 1.165) is 135 Å². The average Bonchev–Trinajstić information content (AvgIpc) is 3.31. The van der Waals surface area contributed by atoms with E-state index >= 15 is 0 Å². The number of carbonyl (C=O) groups excluding carboxylic acids is 3. The Kier molecular flexibility index (Phi) is 50.9. The number of ether oxygens (including phenoxy) is 3. The normalized spacial score (nSPS) is 12.8. The molecule has 0 saturated heterocycles. The Balaban J connectivity index is 4.28. The number of esters is 3. The summed E-state index contributed by atoms with van der Waals surface area (Å²) in [5, 5.41) is 0. The first-order valence-corrected chi connectivity index (χ1v) is 27.2. The zero-order valence-corrected chi connectivity index (χ0v) is 42.9. The van der Waals surface area contributed by atoms with Gasteiger partial charge in [0.2, 0.25) is 0 Å². The summed E-state index contributed by atoms with van der Waals surface area (Å²) in [6, 6.07) is 0. The van der Waals surface area contributed by atoms with Crippen LogP contribution in [0.4, 0.5) is 0 Å². The molecule has 0 bridgehead atoms. The van der Waals surface area contributed by atoms with Crippen LogP contribution >= 0.6 is 0 Å². The molecule has 0 aliphatic carbocycles. The highest BCUT2D eigenvalue weighted by Gasteiger charge is 2.19. The van der Waals surface area contributed by atoms with Gasteiger partial charge in [-0.1, -0.05) is 227 Å². The smallest absolute Gasteiger partial charge is 0.306 e. The van der Waals surface area contributed by atoms with Crippen molar-refractivity contribution in [3.63, 3.8) is 0 Å². The fourth-order valence-corrected chi connectivity index (χ4v) is 7.25. The van der Waals surface area contributed by atoms with E-state index < -0.39 is 6.10 Å². The van der Waals surface area contributed by atoms with E-state index in [1.165, 1.54) is 70.6 Å². The molecule has 1 atom stereocenters. The van der Waals surface area contributed by atoms with Crippen molar-refractivity contribution < 1.29 is 28.6 Å². The Morgan fingerprint density at radius 1 is 0.318 bits per heavy atom. The molecule has 0 aromatic carbocycles. The second kappa shape index (κ2) is 53.9. The summed E-state index contributed by atoms with van der Waals surface area (Å²) in [5.41, 5.74) is 0. The molecule has 376 valence electrons. The van der Waals surface area contributed by atoms with E-state index in [4.69, 9.17) is 14.2 Å². The summed E-state index contributed by atoms with van der Waals surface area (Å²) in [6.45, 7) is 6.42. The van der Waals surface area contributed by atoms with E-state index in [-0.39, 0.29) is 31.1 Å². The van der Waals surface area contributed by atoms with E-state index in [9.17, 15) is 14.4 Å². The van der Waals surface area contributed by atoms with Gasteiger partial charge in [-0.15, -0.1) is 0 Å². The molecule has 66 heavy (non-hydrogen) atoms. The predicted molar refractivity (Wildman–Crippen MR) is 284 cm³/mol. The van der Waals surface area contributed by atoms with Crippen LogP contribution in [0.15, 0.2) is 97.2 Å². The summed E-state index contributed by atoms with van der Waals surface area (Å²) in [4.78, 5) is 37.9. The molecule has 1 unspecified atom stereocenters. The predicted octanol–water partition coefficient (Wildman–Crippen LogP) is 18.1. The fourth-order valence-electron chi connectivity index (χ4n) is 7.25. The van der Waals surface area contributed by atoms with Gasteiger partial charge in [-0.3, -0.25) is 14.4 Å². The van der Waals surface area contributed by atoms with E-state index in [1.807, 2.05) is 0 Å². The lowest BCUT2D eigenvalue weighted by Gasteiger charge is -2.18. The van der Waals surface area contributed by atoms with Gasteiger partial charge in [0, 0.05) is 19.3 Å². The van der Waals surface area contributed by atoms with Crippen molar-refractivity contribution in [3.05, 3.63) is 97.2 Å². The molecule has 6 nitrogen and oxygen atoms in total. The van der Waals surface area contributed by atoms with E-state index in [1.54, 1.807) is 0 Å². The third-order valence-corrected chi connectivity index (χ3v) is 11.3. The quantitative estimate of drug-likeness (QED) is 0.0262. The van der Waals surface area contributed by atoms with Gasteiger partial charge in [0.05, 0.1) is 0 Å². The molecular formula is C60H100O6. The van der Waals surface area contributed by atoms with Gasteiger partial charge >= 0.3 is 17.9 Å². The van der Waals surface area contributed by atoms with Crippen LogP contribution < -0.4 is 0 Å². The molecule has 0 N–H and O–H groups in total. The van der Waals surface area contributed by atoms with Crippen molar-refractivity contribution in [1.29, 1.82) is 0 Å². The van der Waals surface area contributed by atoms with Crippen molar-refractivity contribution in [2.45, 2.75) is 252 Å². The second-order valence-electron chi connectivity index (χ2n) is 17.8. The Morgan fingerprint density at radius 2 is 0.621 bits per heavy atom. The van der Waals surface area contributed by atoms with Gasteiger partial charge in [0.1, 0.15) is 13.2 Å². The number of unbranched alkanes of at least 4 members (excludes halogenated alkanes) is 21. The summed E-state index contributed by atoms with van der Waals surface area (Å²) in [5.74, 6) is -0.919. The molecule has 0 amide bonds. The standard InChI is InChI=1S/C60H100O6/c1-4-7-10-13-16-19-22-23-24-25-26-27-28-29-30-31-32-33-34-35-36-37-39-41-44-47-50-53-59(62)65-56-57(55-64-58(61)52-49-46-43-40-21-18-15-12-9-6-3)66-60(63)54-51-48-45-42-38-20-17-14-11-8-5-2/h7,10,12,15-16,19,23-24,26-27,29-30,32-33,35-36,57H,4-6,8-9,11,13-14,17-18,20-22,25,28,31,34,37-56H2,1-3H3/b10-7-,15-12-,19-16-,24-23-,27-26-,30-29-,33-32-,36-35-. The maximum Gasteiger partial charge on any atom is 0.306 e. The Labute approximate surface area is 407 Å². The van der Waals surface area contributed by atoms with Crippen LogP contribution in [0.1, 0.15) is 245 Å². The van der Waals surface area contributed by atoms with Crippen LogP contribution in [-0.2, 0) is 28.6 Å². The third-order valence-electron chi connectivity index (χ3n) is 11.3. The van der Waals surface area contributed by atoms with Crippen LogP contribution in [0.2, 0.25) is 0 Å². The van der Waals surface area contributed by atoms with Crippen molar-refractivity contribution in [2.24, 2.45) is 0 Å². The van der Waals surface area contributed by atoms with Crippen molar-refractivity contribution in [3.8, 4) is 0 Å². The lowest BCUT2D eigenvalue weighted by atomic mass is 10.1. The van der Waals surface area contributed by atoms with Crippen molar-refractivity contribution >= 4 is 17.9 Å². The SMILES string of the molecule is CC/C=C\C/C=C\C/C=C\C/C=C\C/C=C\C/C=C\C/C=C\CCCCCCCC(=O)OCC(COC(=O)CCCCCCC/C=C\CCC)OC(=O)CCCCCCCCCCCCC. The number of carbonyl (C=O) groups is 3. The first-order valence-electron chi connectivity index (χ1n) is 27.2. The molecular weight excluding hydrogens is 817 g/mol. The largest absolute Gasteiger partial charge is 0.462 e. The fraction of sp³-hybridized carbons (Fsp3) is 0.683. The minimum atomic E-state index is -0.786. The van der Waals surface area contributed by atoms with E-state index in [0.29, 0.717) is 19.3 Å². The van der Waals surface area contributed by atoms with Gasteiger partial charge in [-0.05, 0) is 96.3 Å². The minimum absolute atomic E-state index is 0.0873. The monoisotopic (exact) mass is 917 g/mol. The Bertz CT molecular complexity index is 1330. The highest BCUT2D eigenvalue weighted by molar-refractivity contribution is 5.71. The maximum atomic E-state index is 12.8. The zero-order chi connectivity index (χ0) is 47.9. The van der Waals surface area contributed by atoms with Crippen LogP contribution in [0.5, 0.6) is 0 Å². The summed E-state index contributed by atoms with van der Waals surface area (Å²) in [7, 11) is 0. The number of rotatable bonds is 48. The number of hydrogen-bond donors (Lipinski definition) is 0. The summed E-state index contributed by atoms with van der Waals surface area (Å²) in [6.07, 6.45) is 71.2. The maximum absolute atomic E-state index is 12.8. The first-order chi connectivity index (χ1) is 32.5. The van der Waals surface area contributed by atoms with Crippen LogP contribution in [0, 0.1) is 0 Å². The average molecular weight is 917 g/mol. The van der Waals surface area contributed by atoms with Gasteiger partial charge in [0.15, 0.2) is 6.10 Å². The highest BCUT2D eigenvalue weighted by Crippen LogP contribution is 2.14. The Morgan fingerprint density at radius 3 is 1.00 bits per heavy atom. The second-order valence-corrected chi connectivity index (χ2v) is 17.8. The van der Waals surface area contributed by atoms with Crippen LogP contribution in [-0.4, -0.2) is 37.2 Å². The van der Waals surface area contributed by atoms with Gasteiger partial charge < -0.3 is 14.2 Å². The van der Waals surface area contributed by atoms with Crippen LogP contribution in [0.25, 0.3) is 0 Å². The molecule has 0 radical (unpaired) electrons. The lowest BCUT2D eigenvalue weighted by molar-refractivity contribution is -0.167. The first kappa shape index (κ1) is 62.3. The molecule has 0 aliphatic heterocycles. The molecule has 0 heterocycles.